The first kappa shape index (κ1) is 18.0. The number of rotatable bonds is 8. The van der Waals surface area contributed by atoms with Crippen molar-refractivity contribution in [1.82, 2.24) is 0 Å². The van der Waals surface area contributed by atoms with E-state index in [1.165, 1.54) is 0 Å². The van der Waals surface area contributed by atoms with E-state index in [1.807, 2.05) is 41.5 Å². The van der Waals surface area contributed by atoms with Gasteiger partial charge in [-0.1, -0.05) is 6.92 Å². The van der Waals surface area contributed by atoms with Crippen molar-refractivity contribution >= 4 is 11.9 Å². The van der Waals surface area contributed by atoms with E-state index in [9.17, 15) is 9.59 Å². The van der Waals surface area contributed by atoms with Crippen LogP contribution in [0.2, 0.25) is 0 Å². The van der Waals surface area contributed by atoms with Crippen molar-refractivity contribution in [2.75, 3.05) is 13.2 Å². The number of carbonyl (C=O) groups is 2. The summed E-state index contributed by atoms with van der Waals surface area (Å²) in [5.41, 5.74) is -1.43. The number of hydrogen-bond donors (Lipinski definition) is 0. The van der Waals surface area contributed by atoms with E-state index in [-0.39, 0.29) is 24.1 Å². The van der Waals surface area contributed by atoms with Crippen molar-refractivity contribution in [3.8, 4) is 0 Å². The summed E-state index contributed by atoms with van der Waals surface area (Å²) in [7, 11) is 0. The predicted molar refractivity (Wildman–Crippen MR) is 78.7 cm³/mol. The van der Waals surface area contributed by atoms with Crippen LogP contribution in [0.3, 0.4) is 0 Å². The maximum absolute atomic E-state index is 12.3. The highest BCUT2D eigenvalue weighted by atomic mass is 16.6. The molecule has 0 aromatic rings. The lowest BCUT2D eigenvalue weighted by Crippen LogP contribution is -2.39. The predicted octanol–water partition coefficient (Wildman–Crippen LogP) is 2.71. The van der Waals surface area contributed by atoms with Crippen LogP contribution in [0.15, 0.2) is 0 Å². The van der Waals surface area contributed by atoms with Crippen LogP contribution < -0.4 is 0 Å². The molecule has 0 aliphatic carbocycles. The third kappa shape index (κ3) is 5.30. The van der Waals surface area contributed by atoms with Crippen molar-refractivity contribution in [1.29, 1.82) is 0 Å². The highest BCUT2D eigenvalue weighted by molar-refractivity contribution is 5.80. The summed E-state index contributed by atoms with van der Waals surface area (Å²) in [6.45, 7) is 12.0. The molecule has 0 bridgehead atoms. The Morgan fingerprint density at radius 3 is 2.24 bits per heavy atom. The van der Waals surface area contributed by atoms with Gasteiger partial charge < -0.3 is 14.2 Å². The van der Waals surface area contributed by atoms with Crippen molar-refractivity contribution in [3.63, 3.8) is 0 Å². The maximum Gasteiger partial charge on any atom is 0.311 e. The standard InChI is InChI=1S/C16H28O5/c1-7-16(6,14(18)20-9-12-8-19-12)10-15(4,5)13(17)21-11(2)3/h11-12H,7-10H2,1-6H3. The Labute approximate surface area is 127 Å². The molecule has 0 saturated carbocycles. The summed E-state index contributed by atoms with van der Waals surface area (Å²) in [5, 5.41) is 0. The smallest absolute Gasteiger partial charge is 0.311 e. The van der Waals surface area contributed by atoms with Crippen LogP contribution in [0.1, 0.15) is 54.4 Å². The molecule has 0 aromatic heterocycles. The minimum absolute atomic E-state index is 0.0500. The Morgan fingerprint density at radius 2 is 1.81 bits per heavy atom. The first-order valence-electron chi connectivity index (χ1n) is 7.60. The van der Waals surface area contributed by atoms with Crippen LogP contribution >= 0.6 is 0 Å². The van der Waals surface area contributed by atoms with E-state index >= 15 is 0 Å². The molecule has 0 spiro atoms. The molecule has 1 saturated heterocycles. The zero-order valence-electron chi connectivity index (χ0n) is 14.0. The molecule has 0 N–H and O–H groups in total. The van der Waals surface area contributed by atoms with Gasteiger partial charge >= 0.3 is 11.9 Å². The first-order valence-corrected chi connectivity index (χ1v) is 7.60. The zero-order chi connectivity index (χ0) is 16.3. The summed E-state index contributed by atoms with van der Waals surface area (Å²) >= 11 is 0. The van der Waals surface area contributed by atoms with Crippen molar-refractivity contribution in [3.05, 3.63) is 0 Å². The molecule has 0 radical (unpaired) electrons. The minimum atomic E-state index is -0.732. The van der Waals surface area contributed by atoms with Crippen LogP contribution in [0.4, 0.5) is 0 Å². The third-order valence-corrected chi connectivity index (χ3v) is 3.80. The average molecular weight is 300 g/mol. The normalized spacial score (nSPS) is 20.8. The Balaban J connectivity index is 2.67. The molecule has 1 heterocycles. The SMILES string of the molecule is CCC(C)(CC(C)(C)C(=O)OC(C)C)C(=O)OCC1CO1. The quantitative estimate of drug-likeness (QED) is 0.509. The van der Waals surface area contributed by atoms with Gasteiger partial charge in [0.05, 0.1) is 23.5 Å². The Kier molecular flexibility index (Phi) is 5.79. The van der Waals surface area contributed by atoms with Gasteiger partial charge in [-0.15, -0.1) is 0 Å². The van der Waals surface area contributed by atoms with Crippen LogP contribution in [0, 0.1) is 10.8 Å². The summed E-state index contributed by atoms with van der Waals surface area (Å²) in [6, 6.07) is 0. The van der Waals surface area contributed by atoms with E-state index < -0.39 is 10.8 Å². The fourth-order valence-electron chi connectivity index (χ4n) is 2.27. The van der Waals surface area contributed by atoms with Gasteiger partial charge in [0.15, 0.2) is 0 Å². The second-order valence-corrected chi connectivity index (χ2v) is 6.98. The van der Waals surface area contributed by atoms with Gasteiger partial charge in [-0.3, -0.25) is 9.59 Å². The fourth-order valence-corrected chi connectivity index (χ4v) is 2.27. The minimum Gasteiger partial charge on any atom is -0.463 e. The van der Waals surface area contributed by atoms with Gasteiger partial charge in [0.2, 0.25) is 0 Å². The lowest BCUT2D eigenvalue weighted by molar-refractivity contribution is -0.165. The number of carbonyl (C=O) groups excluding carboxylic acids is 2. The Hall–Kier alpha value is -1.10. The van der Waals surface area contributed by atoms with Crippen molar-refractivity contribution < 1.29 is 23.8 Å². The van der Waals surface area contributed by atoms with Crippen LogP contribution in [-0.4, -0.2) is 37.4 Å². The molecule has 5 heteroatoms. The highest BCUT2D eigenvalue weighted by Gasteiger charge is 2.43. The van der Waals surface area contributed by atoms with Gasteiger partial charge in [-0.25, -0.2) is 0 Å². The van der Waals surface area contributed by atoms with Gasteiger partial charge in [0.25, 0.3) is 0 Å². The number of epoxide rings is 1. The molecule has 0 amide bonds. The number of ether oxygens (including phenoxy) is 3. The molecule has 1 aliphatic rings. The molecule has 21 heavy (non-hydrogen) atoms. The molecule has 2 unspecified atom stereocenters. The van der Waals surface area contributed by atoms with Crippen molar-refractivity contribution in [2.45, 2.75) is 66.6 Å². The number of esters is 2. The van der Waals surface area contributed by atoms with E-state index in [0.29, 0.717) is 26.1 Å². The summed E-state index contributed by atoms with van der Waals surface area (Å²) < 4.78 is 15.6. The van der Waals surface area contributed by atoms with Gasteiger partial charge in [-0.05, 0) is 47.5 Å². The fraction of sp³-hybridized carbons (Fsp3) is 0.875. The summed E-state index contributed by atoms with van der Waals surface area (Å²) in [5.74, 6) is -0.554. The third-order valence-electron chi connectivity index (χ3n) is 3.80. The summed E-state index contributed by atoms with van der Waals surface area (Å²) in [4.78, 5) is 24.5. The molecule has 122 valence electrons. The van der Waals surface area contributed by atoms with Gasteiger partial charge in [0, 0.05) is 0 Å². The van der Waals surface area contributed by atoms with Crippen LogP contribution in [0.5, 0.6) is 0 Å². The molecular weight excluding hydrogens is 272 g/mol. The molecule has 2 atom stereocenters. The molecule has 0 aromatic carbocycles. The largest absolute Gasteiger partial charge is 0.463 e. The van der Waals surface area contributed by atoms with E-state index in [1.54, 1.807) is 0 Å². The van der Waals surface area contributed by atoms with E-state index in [4.69, 9.17) is 14.2 Å². The lowest BCUT2D eigenvalue weighted by atomic mass is 9.72. The zero-order valence-corrected chi connectivity index (χ0v) is 14.0. The Bertz CT molecular complexity index is 384. The topological polar surface area (TPSA) is 65.1 Å². The number of hydrogen-bond acceptors (Lipinski definition) is 5. The van der Waals surface area contributed by atoms with E-state index in [2.05, 4.69) is 0 Å². The second kappa shape index (κ2) is 6.77. The molecule has 5 nitrogen and oxygen atoms in total. The molecule has 1 fully saturated rings. The van der Waals surface area contributed by atoms with Crippen LogP contribution in [-0.2, 0) is 23.8 Å². The molecule has 1 rings (SSSR count). The van der Waals surface area contributed by atoms with Gasteiger partial charge in [0.1, 0.15) is 12.7 Å². The summed E-state index contributed by atoms with van der Waals surface area (Å²) in [6.07, 6.45) is 0.889. The average Bonchev–Trinajstić information content (AvgIpc) is 3.18. The molecule has 1 aliphatic heterocycles. The van der Waals surface area contributed by atoms with Crippen molar-refractivity contribution in [2.24, 2.45) is 10.8 Å². The maximum atomic E-state index is 12.3. The molecular formula is C16H28O5. The van der Waals surface area contributed by atoms with E-state index in [0.717, 1.165) is 0 Å². The highest BCUT2D eigenvalue weighted by Crippen LogP contribution is 2.38. The second-order valence-electron chi connectivity index (χ2n) is 6.98. The first-order chi connectivity index (χ1) is 9.60. The van der Waals surface area contributed by atoms with Crippen LogP contribution in [0.25, 0.3) is 0 Å². The monoisotopic (exact) mass is 300 g/mol. The Morgan fingerprint density at radius 1 is 1.24 bits per heavy atom. The van der Waals surface area contributed by atoms with Gasteiger partial charge in [-0.2, -0.15) is 0 Å². The lowest BCUT2D eigenvalue weighted by Gasteiger charge is -2.34.